The lowest BCUT2D eigenvalue weighted by Gasteiger charge is -2.23. The number of fused-ring (bicyclic) bond motifs is 1. The fourth-order valence-electron chi connectivity index (χ4n) is 2.35. The summed E-state index contributed by atoms with van der Waals surface area (Å²) in [6.45, 7) is 7.84. The number of pyridine rings is 1. The molecule has 4 heteroatoms. The van der Waals surface area contributed by atoms with Crippen LogP contribution in [-0.4, -0.2) is 29.1 Å². The first kappa shape index (κ1) is 13.3. The highest BCUT2D eigenvalue weighted by atomic mass is 16.4. The average Bonchev–Trinajstić information content (AvgIpc) is 2.39. The Balaban J connectivity index is 2.79. The Morgan fingerprint density at radius 2 is 2.00 bits per heavy atom. The highest BCUT2D eigenvalue weighted by Gasteiger charge is 2.14. The van der Waals surface area contributed by atoms with Crippen LogP contribution in [0.1, 0.15) is 29.9 Å². The fourth-order valence-corrected chi connectivity index (χ4v) is 2.35. The lowest BCUT2D eigenvalue weighted by atomic mass is 10.1. The van der Waals surface area contributed by atoms with Crippen molar-refractivity contribution >= 4 is 22.6 Å². The number of anilines is 1. The third-order valence-corrected chi connectivity index (χ3v) is 3.28. The van der Waals surface area contributed by atoms with Crippen LogP contribution >= 0.6 is 0 Å². The highest BCUT2D eigenvalue weighted by Crippen LogP contribution is 2.28. The van der Waals surface area contributed by atoms with E-state index in [0.717, 1.165) is 29.9 Å². The number of nitrogens with zero attached hydrogens (tertiary/aromatic N) is 2. The van der Waals surface area contributed by atoms with Crippen LogP contribution in [0.25, 0.3) is 10.9 Å². The number of carboxylic acid groups (broad SMARTS) is 1. The van der Waals surface area contributed by atoms with Crippen LogP contribution in [0.15, 0.2) is 24.3 Å². The molecule has 0 aliphatic rings. The lowest BCUT2D eigenvalue weighted by Crippen LogP contribution is -2.22. The van der Waals surface area contributed by atoms with Gasteiger partial charge in [0.05, 0.1) is 11.1 Å². The van der Waals surface area contributed by atoms with E-state index in [4.69, 9.17) is 0 Å². The first-order valence-electron chi connectivity index (χ1n) is 6.47. The van der Waals surface area contributed by atoms with Crippen LogP contribution in [-0.2, 0) is 0 Å². The molecule has 0 saturated heterocycles. The van der Waals surface area contributed by atoms with Crippen molar-refractivity contribution in [2.24, 2.45) is 0 Å². The minimum absolute atomic E-state index is 0.259. The smallest absolute Gasteiger partial charge is 0.337 e. The second kappa shape index (κ2) is 5.26. The molecule has 0 aliphatic carbocycles. The molecule has 0 fully saturated rings. The zero-order chi connectivity index (χ0) is 14.0. The van der Waals surface area contributed by atoms with Crippen molar-refractivity contribution in [3.8, 4) is 0 Å². The molecule has 0 amide bonds. The minimum Gasteiger partial charge on any atom is -0.478 e. The molecule has 0 bridgehead atoms. The van der Waals surface area contributed by atoms with Crippen LogP contribution < -0.4 is 4.90 Å². The van der Waals surface area contributed by atoms with Gasteiger partial charge in [-0.3, -0.25) is 4.98 Å². The van der Waals surface area contributed by atoms with Gasteiger partial charge in [0.15, 0.2) is 0 Å². The summed E-state index contributed by atoms with van der Waals surface area (Å²) in [4.78, 5) is 17.9. The molecule has 0 spiro atoms. The van der Waals surface area contributed by atoms with Crippen molar-refractivity contribution in [1.29, 1.82) is 0 Å². The van der Waals surface area contributed by atoms with Gasteiger partial charge in [-0.25, -0.2) is 4.79 Å². The number of carbonyl (C=O) groups is 1. The van der Waals surface area contributed by atoms with Crippen LogP contribution in [0.5, 0.6) is 0 Å². The fraction of sp³-hybridized carbons (Fsp3) is 0.333. The molecule has 0 aliphatic heterocycles. The zero-order valence-electron chi connectivity index (χ0n) is 11.5. The zero-order valence-corrected chi connectivity index (χ0v) is 11.5. The average molecular weight is 258 g/mol. The summed E-state index contributed by atoms with van der Waals surface area (Å²) in [6.07, 6.45) is 0. The molecule has 0 saturated carbocycles. The molecule has 1 aromatic carbocycles. The first-order valence-corrected chi connectivity index (χ1v) is 6.47. The molecule has 0 atom stereocenters. The maximum atomic E-state index is 11.3. The van der Waals surface area contributed by atoms with Crippen molar-refractivity contribution < 1.29 is 9.90 Å². The van der Waals surface area contributed by atoms with Gasteiger partial charge in [0.2, 0.25) is 0 Å². The SMILES string of the molecule is CCN(CC)c1cc(C)nc2c(C(=O)O)cccc12. The summed E-state index contributed by atoms with van der Waals surface area (Å²) in [6, 6.07) is 7.32. The maximum Gasteiger partial charge on any atom is 0.337 e. The summed E-state index contributed by atoms with van der Waals surface area (Å²) in [5, 5.41) is 10.2. The minimum atomic E-state index is -0.936. The van der Waals surface area contributed by atoms with E-state index in [1.807, 2.05) is 19.1 Å². The Morgan fingerprint density at radius 1 is 1.32 bits per heavy atom. The molecule has 1 N–H and O–H groups in total. The maximum absolute atomic E-state index is 11.3. The quantitative estimate of drug-likeness (QED) is 0.915. The third-order valence-electron chi connectivity index (χ3n) is 3.28. The van der Waals surface area contributed by atoms with Crippen LogP contribution in [0.2, 0.25) is 0 Å². The predicted molar refractivity (Wildman–Crippen MR) is 77.0 cm³/mol. The van der Waals surface area contributed by atoms with E-state index >= 15 is 0 Å². The van der Waals surface area contributed by atoms with Crippen molar-refractivity contribution in [1.82, 2.24) is 4.98 Å². The van der Waals surface area contributed by atoms with Gasteiger partial charge in [0.25, 0.3) is 0 Å². The summed E-state index contributed by atoms with van der Waals surface area (Å²) >= 11 is 0. The van der Waals surface area contributed by atoms with E-state index in [1.54, 1.807) is 12.1 Å². The van der Waals surface area contributed by atoms with E-state index in [1.165, 1.54) is 0 Å². The van der Waals surface area contributed by atoms with Crippen molar-refractivity contribution in [2.45, 2.75) is 20.8 Å². The van der Waals surface area contributed by atoms with Gasteiger partial charge in [-0.2, -0.15) is 0 Å². The Labute approximate surface area is 112 Å². The number of benzene rings is 1. The van der Waals surface area contributed by atoms with Crippen molar-refractivity contribution in [3.05, 3.63) is 35.5 Å². The lowest BCUT2D eigenvalue weighted by molar-refractivity contribution is 0.0699. The van der Waals surface area contributed by atoms with Gasteiger partial charge in [-0.1, -0.05) is 12.1 Å². The molecular formula is C15H18N2O2. The van der Waals surface area contributed by atoms with E-state index in [0.29, 0.717) is 5.52 Å². The van der Waals surface area contributed by atoms with Gasteiger partial charge in [-0.15, -0.1) is 0 Å². The Bertz CT molecular complexity index is 619. The number of carboxylic acids is 1. The van der Waals surface area contributed by atoms with Gasteiger partial charge >= 0.3 is 5.97 Å². The summed E-state index contributed by atoms with van der Waals surface area (Å²) < 4.78 is 0. The number of aromatic nitrogens is 1. The summed E-state index contributed by atoms with van der Waals surface area (Å²) in [7, 11) is 0. The number of aryl methyl sites for hydroxylation is 1. The highest BCUT2D eigenvalue weighted by molar-refractivity contribution is 6.05. The van der Waals surface area contributed by atoms with E-state index in [2.05, 4.69) is 23.7 Å². The first-order chi connectivity index (χ1) is 9.08. The molecule has 19 heavy (non-hydrogen) atoms. The number of aromatic carboxylic acids is 1. The van der Waals surface area contributed by atoms with Crippen LogP contribution in [0, 0.1) is 6.92 Å². The molecule has 100 valence electrons. The largest absolute Gasteiger partial charge is 0.478 e. The predicted octanol–water partition coefficient (Wildman–Crippen LogP) is 3.09. The van der Waals surface area contributed by atoms with Gasteiger partial charge < -0.3 is 10.0 Å². The molecule has 2 rings (SSSR count). The monoisotopic (exact) mass is 258 g/mol. The molecule has 2 aromatic rings. The Kier molecular flexibility index (Phi) is 3.69. The van der Waals surface area contributed by atoms with Crippen LogP contribution in [0.4, 0.5) is 5.69 Å². The van der Waals surface area contributed by atoms with Gasteiger partial charge in [-0.05, 0) is 32.9 Å². The molecule has 1 heterocycles. The molecule has 4 nitrogen and oxygen atoms in total. The second-order valence-corrected chi connectivity index (χ2v) is 4.46. The molecule has 1 aromatic heterocycles. The normalized spacial score (nSPS) is 10.7. The number of rotatable bonds is 4. The molecule has 0 unspecified atom stereocenters. The van der Waals surface area contributed by atoms with Gasteiger partial charge in [0.1, 0.15) is 0 Å². The number of para-hydroxylation sites is 1. The van der Waals surface area contributed by atoms with Crippen molar-refractivity contribution in [2.75, 3.05) is 18.0 Å². The molecule has 0 radical (unpaired) electrons. The second-order valence-electron chi connectivity index (χ2n) is 4.46. The summed E-state index contributed by atoms with van der Waals surface area (Å²) in [5.41, 5.74) is 2.71. The van der Waals surface area contributed by atoms with E-state index < -0.39 is 5.97 Å². The van der Waals surface area contributed by atoms with E-state index in [9.17, 15) is 9.90 Å². The summed E-state index contributed by atoms with van der Waals surface area (Å²) in [5.74, 6) is -0.936. The number of hydrogen-bond donors (Lipinski definition) is 1. The Morgan fingerprint density at radius 3 is 2.58 bits per heavy atom. The van der Waals surface area contributed by atoms with E-state index in [-0.39, 0.29) is 5.56 Å². The number of hydrogen-bond acceptors (Lipinski definition) is 3. The standard InChI is InChI=1S/C15H18N2O2/c1-4-17(5-2)13-9-10(3)16-14-11(13)7-6-8-12(14)15(18)19/h6-9H,4-5H2,1-3H3,(H,18,19). The van der Waals surface area contributed by atoms with Crippen LogP contribution in [0.3, 0.4) is 0 Å². The van der Waals surface area contributed by atoms with Crippen molar-refractivity contribution in [3.63, 3.8) is 0 Å². The van der Waals surface area contributed by atoms with Gasteiger partial charge in [0, 0.05) is 29.9 Å². The topological polar surface area (TPSA) is 53.4 Å². The third kappa shape index (κ3) is 2.38. The Hall–Kier alpha value is -2.10. The molecular weight excluding hydrogens is 240 g/mol.